The Morgan fingerprint density at radius 2 is 1.90 bits per heavy atom. The lowest BCUT2D eigenvalue weighted by Crippen LogP contribution is -2.35. The van der Waals surface area contributed by atoms with Crippen molar-refractivity contribution in [1.29, 1.82) is 0 Å². The van der Waals surface area contributed by atoms with Crippen molar-refractivity contribution in [3.05, 3.63) is 50.7 Å². The molecule has 0 aliphatic heterocycles. The summed E-state index contributed by atoms with van der Waals surface area (Å²) < 4.78 is 4.82. The molecule has 100 valence electrons. The van der Waals surface area contributed by atoms with Gasteiger partial charge in [-0.2, -0.15) is 4.68 Å². The van der Waals surface area contributed by atoms with Gasteiger partial charge in [-0.05, 0) is 22.4 Å². The Labute approximate surface area is 109 Å². The summed E-state index contributed by atoms with van der Waals surface area (Å²) in [6.45, 7) is 0. The SMILES string of the molecule is Nc1nonc1C(=O)n1[nH]c(=O)c2ccccc2c1=O. The molecule has 3 N–H and O–H groups in total. The van der Waals surface area contributed by atoms with Gasteiger partial charge in [0.25, 0.3) is 11.1 Å². The highest BCUT2D eigenvalue weighted by molar-refractivity contribution is 5.98. The first kappa shape index (κ1) is 11.8. The summed E-state index contributed by atoms with van der Waals surface area (Å²) in [5.74, 6) is -1.19. The summed E-state index contributed by atoms with van der Waals surface area (Å²) in [6.07, 6.45) is 0. The van der Waals surface area contributed by atoms with E-state index in [0.29, 0.717) is 4.68 Å². The monoisotopic (exact) mass is 273 g/mol. The van der Waals surface area contributed by atoms with E-state index in [9.17, 15) is 14.4 Å². The fraction of sp³-hybridized carbons (Fsp3) is 0. The largest absolute Gasteiger partial charge is 0.379 e. The molecule has 2 heterocycles. The number of fused-ring (bicyclic) bond motifs is 1. The molecule has 0 spiro atoms. The highest BCUT2D eigenvalue weighted by atomic mass is 16.6. The van der Waals surface area contributed by atoms with Gasteiger partial charge in [0.2, 0.25) is 11.5 Å². The number of nitrogens with zero attached hydrogens (tertiary/aromatic N) is 3. The molecule has 0 aliphatic rings. The third-order valence-electron chi connectivity index (χ3n) is 2.74. The number of nitrogen functional groups attached to an aromatic ring is 1. The zero-order valence-electron chi connectivity index (χ0n) is 9.86. The standard InChI is InChI=1S/C11H7N5O4/c12-8-7(14-20-15-8)11(19)16-10(18)6-4-2-1-3-5(6)9(17)13-16/h1-4H,(H2,12,15)(H,13,17). The van der Waals surface area contributed by atoms with Crippen LogP contribution in [0, 0.1) is 0 Å². The van der Waals surface area contributed by atoms with E-state index in [1.165, 1.54) is 12.1 Å². The van der Waals surface area contributed by atoms with Gasteiger partial charge in [-0.15, -0.1) is 0 Å². The molecular weight excluding hydrogens is 266 g/mol. The number of hydrogen-bond acceptors (Lipinski definition) is 7. The topological polar surface area (TPSA) is 137 Å². The number of carbonyl (C=O) groups excluding carboxylic acids is 1. The van der Waals surface area contributed by atoms with Gasteiger partial charge < -0.3 is 5.73 Å². The Morgan fingerprint density at radius 1 is 1.20 bits per heavy atom. The molecule has 1 aromatic carbocycles. The first-order valence-electron chi connectivity index (χ1n) is 5.46. The third kappa shape index (κ3) is 1.61. The fourth-order valence-corrected chi connectivity index (χ4v) is 1.79. The summed E-state index contributed by atoms with van der Waals surface area (Å²) >= 11 is 0. The Bertz CT molecular complexity index is 936. The number of aromatic nitrogens is 4. The summed E-state index contributed by atoms with van der Waals surface area (Å²) in [7, 11) is 0. The second kappa shape index (κ2) is 4.16. The van der Waals surface area contributed by atoms with E-state index in [-0.39, 0.29) is 22.3 Å². The molecule has 3 rings (SSSR count). The van der Waals surface area contributed by atoms with Gasteiger partial charge in [-0.25, -0.2) is 4.63 Å². The number of rotatable bonds is 1. The van der Waals surface area contributed by atoms with Crippen molar-refractivity contribution in [3.8, 4) is 0 Å². The van der Waals surface area contributed by atoms with E-state index in [1.54, 1.807) is 12.1 Å². The van der Waals surface area contributed by atoms with Gasteiger partial charge >= 0.3 is 5.91 Å². The maximum absolute atomic E-state index is 12.2. The molecule has 0 atom stereocenters. The van der Waals surface area contributed by atoms with E-state index in [0.717, 1.165) is 0 Å². The summed E-state index contributed by atoms with van der Waals surface area (Å²) in [5, 5.41) is 9.01. The molecule has 0 amide bonds. The van der Waals surface area contributed by atoms with Gasteiger partial charge in [-0.3, -0.25) is 19.5 Å². The molecular formula is C11H7N5O4. The zero-order valence-corrected chi connectivity index (χ0v) is 9.86. The molecule has 0 saturated heterocycles. The quantitative estimate of drug-likeness (QED) is 0.600. The number of benzene rings is 1. The van der Waals surface area contributed by atoms with E-state index in [2.05, 4.69) is 20.0 Å². The Balaban J connectivity index is 2.31. The third-order valence-corrected chi connectivity index (χ3v) is 2.74. The van der Waals surface area contributed by atoms with Crippen LogP contribution in [-0.2, 0) is 0 Å². The van der Waals surface area contributed by atoms with Crippen LogP contribution in [-0.4, -0.2) is 26.0 Å². The molecule has 2 aromatic heterocycles. The molecule has 3 aromatic rings. The van der Waals surface area contributed by atoms with Crippen LogP contribution in [0.5, 0.6) is 0 Å². The van der Waals surface area contributed by atoms with Crippen LogP contribution in [0.4, 0.5) is 5.82 Å². The minimum atomic E-state index is -0.920. The van der Waals surface area contributed by atoms with E-state index in [1.807, 2.05) is 0 Å². The van der Waals surface area contributed by atoms with Crippen molar-refractivity contribution < 1.29 is 9.42 Å². The highest BCUT2D eigenvalue weighted by Crippen LogP contribution is 2.06. The lowest BCUT2D eigenvalue weighted by molar-refractivity contribution is 0.0929. The van der Waals surface area contributed by atoms with E-state index in [4.69, 9.17) is 5.73 Å². The van der Waals surface area contributed by atoms with Crippen molar-refractivity contribution in [1.82, 2.24) is 20.1 Å². The summed E-state index contributed by atoms with van der Waals surface area (Å²) in [4.78, 5) is 36.1. The van der Waals surface area contributed by atoms with Gasteiger partial charge in [-0.1, -0.05) is 12.1 Å². The van der Waals surface area contributed by atoms with Crippen LogP contribution in [0.3, 0.4) is 0 Å². The van der Waals surface area contributed by atoms with Crippen LogP contribution >= 0.6 is 0 Å². The van der Waals surface area contributed by atoms with Crippen molar-refractivity contribution in [2.75, 3.05) is 5.73 Å². The Kier molecular flexibility index (Phi) is 2.46. The zero-order chi connectivity index (χ0) is 14.3. The van der Waals surface area contributed by atoms with Gasteiger partial charge in [0.1, 0.15) is 0 Å². The molecule has 9 nitrogen and oxygen atoms in total. The molecule has 20 heavy (non-hydrogen) atoms. The number of nitrogens with one attached hydrogen (secondary N) is 1. The predicted molar refractivity (Wildman–Crippen MR) is 67.3 cm³/mol. The smallest absolute Gasteiger partial charge is 0.305 e. The predicted octanol–water partition coefficient (Wildman–Crippen LogP) is -0.657. The Morgan fingerprint density at radius 3 is 2.55 bits per heavy atom. The van der Waals surface area contributed by atoms with Crippen molar-refractivity contribution in [2.45, 2.75) is 0 Å². The first-order chi connectivity index (χ1) is 9.59. The average molecular weight is 273 g/mol. The maximum atomic E-state index is 12.2. The number of H-pyrrole nitrogens is 1. The van der Waals surface area contributed by atoms with Crippen LogP contribution < -0.4 is 16.9 Å². The number of carbonyl (C=O) groups is 1. The first-order valence-corrected chi connectivity index (χ1v) is 5.46. The molecule has 0 fully saturated rings. The van der Waals surface area contributed by atoms with Crippen LogP contribution in [0.15, 0.2) is 38.5 Å². The second-order valence-corrected chi connectivity index (χ2v) is 3.93. The molecule has 0 bridgehead atoms. The average Bonchev–Trinajstić information content (AvgIpc) is 2.88. The van der Waals surface area contributed by atoms with Gasteiger partial charge in [0.15, 0.2) is 0 Å². The van der Waals surface area contributed by atoms with Gasteiger partial charge in [0.05, 0.1) is 10.8 Å². The van der Waals surface area contributed by atoms with E-state index < -0.39 is 17.0 Å². The number of hydrogen-bond donors (Lipinski definition) is 2. The lowest BCUT2D eigenvalue weighted by Gasteiger charge is -2.03. The van der Waals surface area contributed by atoms with Crippen LogP contribution in [0.25, 0.3) is 10.8 Å². The number of anilines is 1. The maximum Gasteiger partial charge on any atom is 0.305 e. The fourth-order valence-electron chi connectivity index (χ4n) is 1.79. The summed E-state index contributed by atoms with van der Waals surface area (Å²) in [6, 6.07) is 6.13. The number of aromatic amines is 1. The van der Waals surface area contributed by atoms with Crippen molar-refractivity contribution >= 4 is 22.5 Å². The highest BCUT2D eigenvalue weighted by Gasteiger charge is 2.21. The number of nitrogens with two attached hydrogens (primary N) is 1. The molecule has 0 aliphatic carbocycles. The normalized spacial score (nSPS) is 10.8. The van der Waals surface area contributed by atoms with Crippen molar-refractivity contribution in [3.63, 3.8) is 0 Å². The molecule has 0 saturated carbocycles. The minimum Gasteiger partial charge on any atom is -0.379 e. The van der Waals surface area contributed by atoms with Crippen molar-refractivity contribution in [2.24, 2.45) is 0 Å². The Hall–Kier alpha value is -3.23. The summed E-state index contributed by atoms with van der Waals surface area (Å²) in [5.41, 5.74) is 3.77. The van der Waals surface area contributed by atoms with E-state index >= 15 is 0 Å². The lowest BCUT2D eigenvalue weighted by atomic mass is 10.2. The van der Waals surface area contributed by atoms with Crippen LogP contribution in [0.2, 0.25) is 0 Å². The van der Waals surface area contributed by atoms with Gasteiger partial charge in [0, 0.05) is 0 Å². The second-order valence-electron chi connectivity index (χ2n) is 3.93. The molecule has 0 radical (unpaired) electrons. The molecule has 9 heteroatoms. The van der Waals surface area contributed by atoms with Crippen LogP contribution in [0.1, 0.15) is 10.5 Å². The molecule has 0 unspecified atom stereocenters. The minimum absolute atomic E-state index is 0.111.